The van der Waals surface area contributed by atoms with E-state index in [0.29, 0.717) is 17.1 Å². The number of aliphatic hydroxyl groups is 2. The Hall–Kier alpha value is -0.770. The smallest absolute Gasteiger partial charge is 0.0696 e. The third-order valence-electron chi connectivity index (χ3n) is 4.21. The Morgan fingerprint density at radius 2 is 1.89 bits per heavy atom. The minimum atomic E-state index is -0.147. The van der Waals surface area contributed by atoms with Crippen LogP contribution in [0.2, 0.25) is 5.02 Å². The zero-order chi connectivity index (χ0) is 12.7. The van der Waals surface area contributed by atoms with E-state index in [4.69, 9.17) is 16.7 Å². The summed E-state index contributed by atoms with van der Waals surface area (Å²) in [6, 6.07) is 6.74. The first-order valence-corrected chi connectivity index (χ1v) is 6.92. The maximum atomic E-state index is 9.81. The van der Waals surface area contributed by atoms with Crippen molar-refractivity contribution in [3.63, 3.8) is 0 Å². The molecule has 0 radical (unpaired) electrons. The lowest BCUT2D eigenvalue weighted by molar-refractivity contribution is 0.126. The van der Waals surface area contributed by atoms with Crippen LogP contribution in [0.15, 0.2) is 18.2 Å². The molecule has 98 valence electrons. The van der Waals surface area contributed by atoms with Gasteiger partial charge in [0.2, 0.25) is 0 Å². The first-order valence-electron chi connectivity index (χ1n) is 6.54. The molecular weight excluding hydrogens is 250 g/mol. The summed E-state index contributed by atoms with van der Waals surface area (Å²) in [5.41, 5.74) is 1.89. The van der Waals surface area contributed by atoms with Crippen molar-refractivity contribution in [2.45, 2.75) is 50.5 Å². The number of aliphatic hydroxyl groups excluding tert-OH is 2. The van der Waals surface area contributed by atoms with Gasteiger partial charge >= 0.3 is 0 Å². The number of hydrogen-bond acceptors (Lipinski definition) is 3. The molecule has 0 saturated carbocycles. The number of benzene rings is 1. The van der Waals surface area contributed by atoms with Crippen LogP contribution in [-0.4, -0.2) is 28.4 Å². The summed E-state index contributed by atoms with van der Waals surface area (Å²) in [6.45, 7) is -0.0231. The second kappa shape index (κ2) is 4.72. The van der Waals surface area contributed by atoms with Gasteiger partial charge in [0.1, 0.15) is 0 Å². The van der Waals surface area contributed by atoms with Crippen LogP contribution in [0, 0.1) is 0 Å². The molecule has 2 atom stereocenters. The van der Waals surface area contributed by atoms with Crippen LogP contribution in [0.3, 0.4) is 0 Å². The molecule has 3 nitrogen and oxygen atoms in total. The van der Waals surface area contributed by atoms with Crippen molar-refractivity contribution in [3.05, 3.63) is 28.8 Å². The number of hydrogen-bond donors (Lipinski definition) is 2. The van der Waals surface area contributed by atoms with Crippen molar-refractivity contribution in [2.75, 3.05) is 4.90 Å². The Kier molecular flexibility index (Phi) is 3.22. The van der Waals surface area contributed by atoms with Gasteiger partial charge < -0.3 is 15.1 Å². The highest BCUT2D eigenvalue weighted by molar-refractivity contribution is 6.31. The predicted molar refractivity (Wildman–Crippen MR) is 71.9 cm³/mol. The maximum absolute atomic E-state index is 9.81. The Morgan fingerprint density at radius 1 is 1.22 bits per heavy atom. The molecule has 2 bridgehead atoms. The first-order chi connectivity index (χ1) is 8.69. The van der Waals surface area contributed by atoms with Gasteiger partial charge in [-0.05, 0) is 43.4 Å². The fourth-order valence-electron chi connectivity index (χ4n) is 3.39. The zero-order valence-electron chi connectivity index (χ0n) is 10.2. The minimum absolute atomic E-state index is 0.0231. The summed E-state index contributed by atoms with van der Waals surface area (Å²) in [7, 11) is 0. The molecule has 1 aromatic rings. The van der Waals surface area contributed by atoms with Crippen LogP contribution in [0.1, 0.15) is 31.2 Å². The molecule has 18 heavy (non-hydrogen) atoms. The van der Waals surface area contributed by atoms with Gasteiger partial charge in [-0.3, -0.25) is 0 Å². The molecule has 0 spiro atoms. The molecule has 3 rings (SSSR count). The molecule has 2 heterocycles. The standard InChI is InChI=1S/C14H18ClNO2/c15-14-7-12(2-1-9(14)8-17)16-10-3-4-11(16)6-13(18)5-10/h1-2,7,10-11,13,17-18H,3-6,8H2. The molecule has 2 saturated heterocycles. The lowest BCUT2D eigenvalue weighted by Gasteiger charge is -2.39. The molecule has 2 unspecified atom stereocenters. The van der Waals surface area contributed by atoms with Crippen molar-refractivity contribution in [3.8, 4) is 0 Å². The third-order valence-corrected chi connectivity index (χ3v) is 4.57. The van der Waals surface area contributed by atoms with Crippen molar-refractivity contribution in [1.29, 1.82) is 0 Å². The summed E-state index contributed by atoms with van der Waals surface area (Å²) in [5, 5.41) is 19.6. The summed E-state index contributed by atoms with van der Waals surface area (Å²) in [6.07, 6.45) is 3.87. The van der Waals surface area contributed by atoms with E-state index in [9.17, 15) is 5.11 Å². The van der Waals surface area contributed by atoms with Gasteiger partial charge in [-0.15, -0.1) is 0 Å². The van der Waals surface area contributed by atoms with Crippen LogP contribution < -0.4 is 4.90 Å². The Morgan fingerprint density at radius 3 is 2.44 bits per heavy atom. The van der Waals surface area contributed by atoms with E-state index in [1.54, 1.807) is 0 Å². The van der Waals surface area contributed by atoms with Crippen molar-refractivity contribution in [2.24, 2.45) is 0 Å². The molecule has 0 aliphatic carbocycles. The summed E-state index contributed by atoms with van der Waals surface area (Å²) < 4.78 is 0. The Bertz CT molecular complexity index is 437. The van der Waals surface area contributed by atoms with E-state index < -0.39 is 0 Å². The monoisotopic (exact) mass is 267 g/mol. The number of rotatable bonds is 2. The average molecular weight is 268 g/mol. The fraction of sp³-hybridized carbons (Fsp3) is 0.571. The van der Waals surface area contributed by atoms with Crippen LogP contribution in [0.25, 0.3) is 0 Å². The van der Waals surface area contributed by atoms with Gasteiger partial charge in [-0.25, -0.2) is 0 Å². The second-order valence-corrected chi connectivity index (χ2v) is 5.76. The molecule has 2 fully saturated rings. The van der Waals surface area contributed by atoms with E-state index in [-0.39, 0.29) is 12.7 Å². The van der Waals surface area contributed by atoms with E-state index in [1.165, 1.54) is 0 Å². The SMILES string of the molecule is OCc1ccc(N2C3CCC2CC(O)C3)cc1Cl. The van der Waals surface area contributed by atoms with E-state index in [0.717, 1.165) is 36.9 Å². The molecule has 2 N–H and O–H groups in total. The summed E-state index contributed by atoms with van der Waals surface area (Å²) in [4.78, 5) is 2.40. The number of nitrogens with zero attached hydrogens (tertiary/aromatic N) is 1. The van der Waals surface area contributed by atoms with Crippen molar-refractivity contribution in [1.82, 2.24) is 0 Å². The average Bonchev–Trinajstić information content (AvgIpc) is 2.61. The van der Waals surface area contributed by atoms with Crippen molar-refractivity contribution >= 4 is 17.3 Å². The lowest BCUT2D eigenvalue weighted by Crippen LogP contribution is -2.44. The zero-order valence-corrected chi connectivity index (χ0v) is 11.0. The molecule has 0 amide bonds. The fourth-order valence-corrected chi connectivity index (χ4v) is 3.63. The van der Waals surface area contributed by atoms with Gasteiger partial charge in [0.15, 0.2) is 0 Å². The van der Waals surface area contributed by atoms with Gasteiger partial charge in [0, 0.05) is 22.8 Å². The normalized spacial score (nSPS) is 30.8. The van der Waals surface area contributed by atoms with Crippen molar-refractivity contribution < 1.29 is 10.2 Å². The van der Waals surface area contributed by atoms with Crippen LogP contribution in [0.5, 0.6) is 0 Å². The van der Waals surface area contributed by atoms with Crippen LogP contribution >= 0.6 is 11.6 Å². The van der Waals surface area contributed by atoms with Gasteiger partial charge in [-0.1, -0.05) is 17.7 Å². The van der Waals surface area contributed by atoms with Gasteiger partial charge in [0.25, 0.3) is 0 Å². The highest BCUT2D eigenvalue weighted by Crippen LogP contribution is 2.40. The third kappa shape index (κ3) is 2.00. The summed E-state index contributed by atoms with van der Waals surface area (Å²) >= 11 is 6.16. The van der Waals surface area contributed by atoms with Crippen LogP contribution in [-0.2, 0) is 6.61 Å². The number of halogens is 1. The van der Waals surface area contributed by atoms with Crippen LogP contribution in [0.4, 0.5) is 5.69 Å². The summed E-state index contributed by atoms with van der Waals surface area (Å²) in [5.74, 6) is 0. The minimum Gasteiger partial charge on any atom is -0.393 e. The molecule has 4 heteroatoms. The lowest BCUT2D eigenvalue weighted by atomic mass is 9.99. The molecule has 2 aliphatic heterocycles. The number of fused-ring (bicyclic) bond motifs is 2. The Balaban J connectivity index is 1.89. The molecular formula is C14H18ClNO2. The second-order valence-electron chi connectivity index (χ2n) is 5.35. The van der Waals surface area contributed by atoms with Gasteiger partial charge in [-0.2, -0.15) is 0 Å². The maximum Gasteiger partial charge on any atom is 0.0696 e. The largest absolute Gasteiger partial charge is 0.393 e. The molecule has 0 aromatic heterocycles. The number of anilines is 1. The molecule has 1 aromatic carbocycles. The first kappa shape index (κ1) is 12.3. The van der Waals surface area contributed by atoms with Gasteiger partial charge in [0.05, 0.1) is 12.7 Å². The number of piperidine rings is 1. The van der Waals surface area contributed by atoms with E-state index in [1.807, 2.05) is 18.2 Å². The topological polar surface area (TPSA) is 43.7 Å². The van der Waals surface area contributed by atoms with E-state index >= 15 is 0 Å². The Labute approximate surface area is 112 Å². The highest BCUT2D eigenvalue weighted by atomic mass is 35.5. The quantitative estimate of drug-likeness (QED) is 0.864. The van der Waals surface area contributed by atoms with E-state index in [2.05, 4.69) is 4.90 Å². The highest BCUT2D eigenvalue weighted by Gasteiger charge is 2.40. The molecule has 2 aliphatic rings. The predicted octanol–water partition coefficient (Wildman–Crippen LogP) is 2.32.